The second-order valence-electron chi connectivity index (χ2n) is 13.3. The van der Waals surface area contributed by atoms with Crippen molar-refractivity contribution in [1.82, 2.24) is 4.57 Å². The Morgan fingerprint density at radius 1 is 0.519 bits per heavy atom. The van der Waals surface area contributed by atoms with Gasteiger partial charge in [0.2, 0.25) is 0 Å². The average molecular weight is 669 g/mol. The van der Waals surface area contributed by atoms with Gasteiger partial charge < -0.3 is 10.3 Å². The lowest BCUT2D eigenvalue weighted by Crippen LogP contribution is -2.16. The van der Waals surface area contributed by atoms with Gasteiger partial charge in [0.1, 0.15) is 5.84 Å². The van der Waals surface area contributed by atoms with Crippen LogP contribution in [-0.4, -0.2) is 16.2 Å². The van der Waals surface area contributed by atoms with E-state index in [4.69, 9.17) is 15.7 Å². The number of fused-ring (bicyclic) bond motifs is 6. The molecule has 0 fully saturated rings. The second kappa shape index (κ2) is 13.2. The third-order valence-corrected chi connectivity index (χ3v) is 10.0. The van der Waals surface area contributed by atoms with Gasteiger partial charge in [0.05, 0.1) is 17.1 Å². The van der Waals surface area contributed by atoms with Gasteiger partial charge >= 0.3 is 0 Å². The van der Waals surface area contributed by atoms with Crippen LogP contribution in [0.15, 0.2) is 192 Å². The van der Waals surface area contributed by atoms with Crippen molar-refractivity contribution in [3.63, 3.8) is 0 Å². The van der Waals surface area contributed by atoms with E-state index in [2.05, 4.69) is 157 Å². The molecule has 248 valence electrons. The molecule has 4 heteroatoms. The molecule has 0 saturated carbocycles. The molecule has 9 aromatic rings. The number of rotatable bonds is 6. The summed E-state index contributed by atoms with van der Waals surface area (Å²) in [5.74, 6) is 1.03. The number of nitrogens with zero attached hydrogens (tertiary/aromatic N) is 3. The number of aliphatic imine (C=N–C) groups is 2. The fourth-order valence-electron chi connectivity index (χ4n) is 7.32. The Kier molecular flexibility index (Phi) is 7.90. The summed E-state index contributed by atoms with van der Waals surface area (Å²) in [5, 5.41) is 7.38. The van der Waals surface area contributed by atoms with E-state index in [1.165, 1.54) is 38.0 Å². The Hall–Kier alpha value is -6.78. The maximum absolute atomic E-state index is 6.71. The van der Waals surface area contributed by atoms with Crippen molar-refractivity contribution in [2.45, 2.75) is 13.0 Å². The van der Waals surface area contributed by atoms with Crippen LogP contribution in [0.4, 0.5) is 0 Å². The Morgan fingerprint density at radius 2 is 1.12 bits per heavy atom. The molecule has 4 nitrogen and oxygen atoms in total. The number of benzene rings is 8. The minimum Gasteiger partial charge on any atom is -0.383 e. The first kappa shape index (κ1) is 31.2. The minimum atomic E-state index is -0.0913. The molecule has 9 rings (SSSR count). The summed E-state index contributed by atoms with van der Waals surface area (Å²) in [4.78, 5) is 10.0. The van der Waals surface area contributed by atoms with E-state index in [1.54, 1.807) is 0 Å². The number of aromatic nitrogens is 1. The molecule has 2 N–H and O–H groups in total. The van der Waals surface area contributed by atoms with Gasteiger partial charge in [-0.2, -0.15) is 0 Å². The topological polar surface area (TPSA) is 55.7 Å². The van der Waals surface area contributed by atoms with Gasteiger partial charge in [-0.3, -0.25) is 4.99 Å². The molecule has 1 unspecified atom stereocenters. The zero-order valence-electron chi connectivity index (χ0n) is 28.8. The summed E-state index contributed by atoms with van der Waals surface area (Å²) in [5.41, 5.74) is 15.4. The molecule has 0 aliphatic carbocycles. The Morgan fingerprint density at radius 3 is 1.88 bits per heavy atom. The Bertz CT molecular complexity index is 2790. The lowest BCUT2D eigenvalue weighted by molar-refractivity contribution is 0.818. The SMILES string of the molecule is CC(N=C(N=C(N)c1ccc(-c2ccc(-n3c4ccccc4c4c5ccccc5ccc43)cc2)cc1)c1ccc2ccccc2c1)c1ccccc1. The zero-order valence-corrected chi connectivity index (χ0v) is 28.8. The lowest BCUT2D eigenvalue weighted by Gasteiger charge is -2.12. The summed E-state index contributed by atoms with van der Waals surface area (Å²) >= 11 is 0. The number of nitrogens with two attached hydrogens (primary N) is 1. The highest BCUT2D eigenvalue weighted by Gasteiger charge is 2.15. The molecule has 1 atom stereocenters. The first-order chi connectivity index (χ1) is 25.6. The summed E-state index contributed by atoms with van der Waals surface area (Å²) in [6.07, 6.45) is 0. The fraction of sp³-hybridized carbons (Fsp3) is 0.0417. The highest BCUT2D eigenvalue weighted by Crippen LogP contribution is 2.37. The second-order valence-corrected chi connectivity index (χ2v) is 13.3. The van der Waals surface area contributed by atoms with Crippen molar-refractivity contribution in [3.05, 3.63) is 199 Å². The van der Waals surface area contributed by atoms with E-state index in [9.17, 15) is 0 Å². The van der Waals surface area contributed by atoms with E-state index in [1.807, 2.05) is 36.4 Å². The van der Waals surface area contributed by atoms with E-state index in [-0.39, 0.29) is 6.04 Å². The molecule has 8 aromatic carbocycles. The van der Waals surface area contributed by atoms with Crippen LogP contribution in [0.2, 0.25) is 0 Å². The predicted octanol–water partition coefficient (Wildman–Crippen LogP) is 11.7. The predicted molar refractivity (Wildman–Crippen MR) is 220 cm³/mol. The lowest BCUT2D eigenvalue weighted by atomic mass is 10.0. The molecule has 1 aromatic heterocycles. The van der Waals surface area contributed by atoms with Crippen LogP contribution in [0.25, 0.3) is 60.2 Å². The van der Waals surface area contributed by atoms with Gasteiger partial charge in [-0.05, 0) is 75.5 Å². The molecule has 0 bridgehead atoms. The van der Waals surface area contributed by atoms with Gasteiger partial charge in [-0.15, -0.1) is 0 Å². The molecule has 0 amide bonds. The first-order valence-electron chi connectivity index (χ1n) is 17.7. The molecular formula is C48H36N4. The molecular weight excluding hydrogens is 633 g/mol. The van der Waals surface area contributed by atoms with E-state index >= 15 is 0 Å². The van der Waals surface area contributed by atoms with Gasteiger partial charge in [0, 0.05) is 27.6 Å². The first-order valence-corrected chi connectivity index (χ1v) is 17.7. The summed E-state index contributed by atoms with van der Waals surface area (Å²) in [6, 6.07) is 63.7. The third-order valence-electron chi connectivity index (χ3n) is 10.0. The molecule has 0 spiro atoms. The third kappa shape index (κ3) is 5.70. The van der Waals surface area contributed by atoms with Gasteiger partial charge in [-0.1, -0.05) is 152 Å². The highest BCUT2D eigenvalue weighted by atomic mass is 15.0. The van der Waals surface area contributed by atoms with Crippen LogP contribution >= 0.6 is 0 Å². The van der Waals surface area contributed by atoms with Crippen molar-refractivity contribution >= 4 is 55.0 Å². The number of hydrogen-bond acceptors (Lipinski definition) is 1. The van der Waals surface area contributed by atoms with E-state index in [0.29, 0.717) is 11.7 Å². The van der Waals surface area contributed by atoms with Gasteiger partial charge in [0.15, 0.2) is 5.84 Å². The van der Waals surface area contributed by atoms with Crippen molar-refractivity contribution in [1.29, 1.82) is 0 Å². The van der Waals surface area contributed by atoms with Crippen LogP contribution in [0.5, 0.6) is 0 Å². The quantitative estimate of drug-likeness (QED) is 0.139. The van der Waals surface area contributed by atoms with Crippen molar-refractivity contribution in [2.24, 2.45) is 15.7 Å². The maximum Gasteiger partial charge on any atom is 0.157 e. The largest absolute Gasteiger partial charge is 0.383 e. The van der Waals surface area contributed by atoms with Crippen molar-refractivity contribution < 1.29 is 0 Å². The number of para-hydroxylation sites is 1. The van der Waals surface area contributed by atoms with E-state index < -0.39 is 0 Å². The molecule has 1 heterocycles. The molecule has 0 aliphatic rings. The Balaban J connectivity index is 1.04. The molecule has 0 aliphatic heterocycles. The highest BCUT2D eigenvalue weighted by molar-refractivity contribution is 6.21. The van der Waals surface area contributed by atoms with E-state index in [0.717, 1.165) is 38.9 Å². The smallest absolute Gasteiger partial charge is 0.157 e. The number of hydrogen-bond donors (Lipinski definition) is 1. The molecule has 0 radical (unpaired) electrons. The fourth-order valence-corrected chi connectivity index (χ4v) is 7.32. The van der Waals surface area contributed by atoms with Crippen LogP contribution in [-0.2, 0) is 0 Å². The van der Waals surface area contributed by atoms with Gasteiger partial charge in [-0.25, -0.2) is 4.99 Å². The number of amidine groups is 2. The van der Waals surface area contributed by atoms with Crippen molar-refractivity contribution in [3.8, 4) is 16.8 Å². The van der Waals surface area contributed by atoms with Crippen molar-refractivity contribution in [2.75, 3.05) is 0 Å². The van der Waals surface area contributed by atoms with Crippen LogP contribution in [0.1, 0.15) is 29.7 Å². The molecule has 0 saturated heterocycles. The van der Waals surface area contributed by atoms with Crippen LogP contribution < -0.4 is 5.73 Å². The van der Waals surface area contributed by atoms with Crippen LogP contribution in [0.3, 0.4) is 0 Å². The normalized spacial score (nSPS) is 12.9. The van der Waals surface area contributed by atoms with Crippen LogP contribution in [0, 0.1) is 0 Å². The maximum atomic E-state index is 6.71. The summed E-state index contributed by atoms with van der Waals surface area (Å²) < 4.78 is 2.37. The average Bonchev–Trinajstić information content (AvgIpc) is 3.55. The standard InChI is InChI=1S/C48H36N4/c1-32(33-11-3-2-4-12-33)50-48(40-24-21-34-13-5-6-15-39(34)31-40)51-47(49)38-22-19-35(20-23-38)36-25-28-41(29-26-36)52-44-18-10-9-17-43(44)46-42-16-8-7-14-37(42)27-30-45(46)52/h2-32H,1H3,(H2,49,50,51). The summed E-state index contributed by atoms with van der Waals surface area (Å²) in [6.45, 7) is 2.09. The summed E-state index contributed by atoms with van der Waals surface area (Å²) in [7, 11) is 0. The Labute approximate surface area is 302 Å². The van der Waals surface area contributed by atoms with Gasteiger partial charge in [0.25, 0.3) is 0 Å². The minimum absolute atomic E-state index is 0.0913. The zero-order chi connectivity index (χ0) is 35.0. The monoisotopic (exact) mass is 668 g/mol. The molecule has 52 heavy (non-hydrogen) atoms.